The Bertz CT molecular complexity index is 663. The van der Waals surface area contributed by atoms with Crippen molar-refractivity contribution in [3.05, 3.63) is 15.4 Å². The Labute approximate surface area is 128 Å². The number of aromatic amines is 1. The fraction of sp³-hybridized carbons (Fsp3) is 0.769. The summed E-state index contributed by atoms with van der Waals surface area (Å²) in [5, 5.41) is 10.5. The van der Waals surface area contributed by atoms with Crippen molar-refractivity contribution < 1.29 is 13.5 Å². The van der Waals surface area contributed by atoms with Crippen molar-refractivity contribution in [2.24, 2.45) is 5.41 Å². The second kappa shape index (κ2) is 5.49. The Morgan fingerprint density at radius 1 is 1.29 bits per heavy atom. The van der Waals surface area contributed by atoms with Crippen molar-refractivity contribution in [2.45, 2.75) is 56.3 Å². The second-order valence-corrected chi connectivity index (χ2v) is 9.59. The second-order valence-electron chi connectivity index (χ2n) is 6.64. The van der Waals surface area contributed by atoms with Crippen molar-refractivity contribution in [1.82, 2.24) is 9.71 Å². The highest BCUT2D eigenvalue weighted by molar-refractivity contribution is 7.91. The third-order valence-corrected chi connectivity index (χ3v) is 7.16. The van der Waals surface area contributed by atoms with E-state index in [0.717, 1.165) is 12.8 Å². The van der Waals surface area contributed by atoms with Crippen LogP contribution in [0, 0.1) is 12.3 Å². The van der Waals surface area contributed by atoms with Crippen LogP contribution in [0.3, 0.4) is 0 Å². The van der Waals surface area contributed by atoms with Gasteiger partial charge in [0.1, 0.15) is 0 Å². The van der Waals surface area contributed by atoms with Gasteiger partial charge in [-0.15, -0.1) is 0 Å². The molecular formula is C13H22N2O4S2. The number of aryl methyl sites for hydroxylation is 1. The Kier molecular flexibility index (Phi) is 4.36. The summed E-state index contributed by atoms with van der Waals surface area (Å²) in [6, 6.07) is 0. The van der Waals surface area contributed by atoms with Gasteiger partial charge in [-0.25, -0.2) is 13.1 Å². The molecule has 1 aromatic heterocycles. The third kappa shape index (κ3) is 3.94. The largest absolute Gasteiger partial charge is 0.389 e. The van der Waals surface area contributed by atoms with E-state index in [1.54, 1.807) is 6.92 Å². The van der Waals surface area contributed by atoms with E-state index in [1.807, 2.05) is 0 Å². The first-order valence-corrected chi connectivity index (χ1v) is 9.25. The molecule has 120 valence electrons. The smallest absolute Gasteiger partial charge is 0.305 e. The van der Waals surface area contributed by atoms with Gasteiger partial charge in [-0.2, -0.15) is 0 Å². The molecule has 1 fully saturated rings. The summed E-state index contributed by atoms with van der Waals surface area (Å²) < 4.78 is 26.8. The fourth-order valence-electron chi connectivity index (χ4n) is 2.51. The van der Waals surface area contributed by atoms with Crippen LogP contribution in [-0.2, 0) is 10.0 Å². The van der Waals surface area contributed by atoms with Gasteiger partial charge >= 0.3 is 4.87 Å². The predicted octanol–water partition coefficient (Wildman–Crippen LogP) is 1.35. The fourth-order valence-corrected chi connectivity index (χ4v) is 4.97. The van der Waals surface area contributed by atoms with Crippen LogP contribution >= 0.6 is 11.3 Å². The van der Waals surface area contributed by atoms with Crippen LogP contribution in [0.1, 0.15) is 45.2 Å². The SMILES string of the molecule is Cc1[nH]c(=O)sc1S(=O)(=O)NCC1(O)CCC(C)(C)CC1. The first-order valence-electron chi connectivity index (χ1n) is 6.95. The molecule has 0 spiro atoms. The molecule has 8 heteroatoms. The predicted molar refractivity (Wildman–Crippen MR) is 82.1 cm³/mol. The van der Waals surface area contributed by atoms with Crippen LogP contribution in [0.5, 0.6) is 0 Å². The monoisotopic (exact) mass is 334 g/mol. The molecule has 1 heterocycles. The zero-order valence-electron chi connectivity index (χ0n) is 12.5. The zero-order chi connectivity index (χ0) is 15.9. The number of rotatable bonds is 4. The lowest BCUT2D eigenvalue weighted by atomic mass is 9.71. The summed E-state index contributed by atoms with van der Waals surface area (Å²) in [6.07, 6.45) is 2.87. The van der Waals surface area contributed by atoms with E-state index in [0.29, 0.717) is 29.9 Å². The summed E-state index contributed by atoms with van der Waals surface area (Å²) >= 11 is 0.663. The van der Waals surface area contributed by atoms with Crippen LogP contribution in [0.15, 0.2) is 9.00 Å². The number of hydrogen-bond donors (Lipinski definition) is 3. The number of nitrogens with one attached hydrogen (secondary N) is 2. The molecule has 0 bridgehead atoms. The molecule has 0 atom stereocenters. The molecule has 0 aliphatic heterocycles. The van der Waals surface area contributed by atoms with Crippen molar-refractivity contribution in [1.29, 1.82) is 0 Å². The number of H-pyrrole nitrogens is 1. The maximum atomic E-state index is 12.2. The highest BCUT2D eigenvalue weighted by Gasteiger charge is 2.37. The van der Waals surface area contributed by atoms with Gasteiger partial charge in [0.05, 0.1) is 5.60 Å². The summed E-state index contributed by atoms with van der Waals surface area (Å²) in [5.41, 5.74) is -0.478. The molecule has 0 amide bonds. The molecule has 3 N–H and O–H groups in total. The molecule has 1 aliphatic rings. The van der Waals surface area contributed by atoms with E-state index < -0.39 is 20.5 Å². The zero-order valence-corrected chi connectivity index (χ0v) is 14.2. The molecule has 6 nitrogen and oxygen atoms in total. The molecule has 1 aliphatic carbocycles. The van der Waals surface area contributed by atoms with E-state index in [9.17, 15) is 18.3 Å². The average molecular weight is 334 g/mol. The lowest BCUT2D eigenvalue weighted by Gasteiger charge is -2.40. The first kappa shape index (κ1) is 16.7. The van der Waals surface area contributed by atoms with Gasteiger partial charge < -0.3 is 10.1 Å². The molecule has 0 radical (unpaired) electrons. The van der Waals surface area contributed by atoms with Crippen LogP contribution in [-0.4, -0.2) is 30.7 Å². The van der Waals surface area contributed by atoms with Crippen molar-refractivity contribution >= 4 is 21.4 Å². The molecular weight excluding hydrogens is 312 g/mol. The molecule has 1 aromatic rings. The van der Waals surface area contributed by atoms with Gasteiger partial charge in [-0.05, 0) is 38.0 Å². The quantitative estimate of drug-likeness (QED) is 0.774. The van der Waals surface area contributed by atoms with E-state index in [4.69, 9.17) is 0 Å². The van der Waals surface area contributed by atoms with Crippen LogP contribution in [0.2, 0.25) is 0 Å². The summed E-state index contributed by atoms with van der Waals surface area (Å²) in [4.78, 5) is 13.3. The number of hydrogen-bond acceptors (Lipinski definition) is 5. The van der Waals surface area contributed by atoms with Crippen molar-refractivity contribution in [3.8, 4) is 0 Å². The topological polar surface area (TPSA) is 99.3 Å². The van der Waals surface area contributed by atoms with Crippen LogP contribution in [0.4, 0.5) is 0 Å². The molecule has 0 saturated heterocycles. The summed E-state index contributed by atoms with van der Waals surface area (Å²) in [5.74, 6) is 0. The van der Waals surface area contributed by atoms with Crippen LogP contribution < -0.4 is 9.60 Å². The Morgan fingerprint density at radius 2 is 1.86 bits per heavy atom. The average Bonchev–Trinajstić information content (AvgIpc) is 2.72. The third-order valence-electron chi connectivity index (χ3n) is 4.15. The minimum atomic E-state index is -3.76. The van der Waals surface area contributed by atoms with Gasteiger partial charge in [-0.1, -0.05) is 25.2 Å². The number of thiazole rings is 1. The Hall–Kier alpha value is -0.700. The number of aromatic nitrogens is 1. The van der Waals surface area contributed by atoms with Gasteiger partial charge in [0, 0.05) is 12.2 Å². The minimum absolute atomic E-state index is 0.00719. The normalized spacial score (nSPS) is 21.3. The summed E-state index contributed by atoms with van der Waals surface area (Å²) in [6.45, 7) is 5.83. The summed E-state index contributed by atoms with van der Waals surface area (Å²) in [7, 11) is -3.76. The van der Waals surface area contributed by atoms with Gasteiger partial charge in [0.15, 0.2) is 4.21 Å². The Morgan fingerprint density at radius 3 is 2.33 bits per heavy atom. The molecule has 0 unspecified atom stereocenters. The van der Waals surface area contributed by atoms with E-state index in [2.05, 4.69) is 23.6 Å². The maximum Gasteiger partial charge on any atom is 0.305 e. The highest BCUT2D eigenvalue weighted by Crippen LogP contribution is 2.40. The molecule has 21 heavy (non-hydrogen) atoms. The number of aliphatic hydroxyl groups is 1. The Balaban J connectivity index is 2.06. The number of sulfonamides is 1. The molecule has 1 saturated carbocycles. The highest BCUT2D eigenvalue weighted by atomic mass is 32.2. The van der Waals surface area contributed by atoms with Crippen molar-refractivity contribution in [3.63, 3.8) is 0 Å². The maximum absolute atomic E-state index is 12.2. The lowest BCUT2D eigenvalue weighted by Crippen LogP contribution is -2.46. The molecule has 0 aromatic carbocycles. The minimum Gasteiger partial charge on any atom is -0.389 e. The van der Waals surface area contributed by atoms with Crippen LogP contribution in [0.25, 0.3) is 0 Å². The van der Waals surface area contributed by atoms with E-state index >= 15 is 0 Å². The first-order chi connectivity index (χ1) is 9.53. The van der Waals surface area contributed by atoms with E-state index in [1.165, 1.54) is 0 Å². The van der Waals surface area contributed by atoms with Crippen molar-refractivity contribution in [2.75, 3.05) is 6.54 Å². The molecule has 2 rings (SSSR count). The van der Waals surface area contributed by atoms with E-state index in [-0.39, 0.29) is 16.2 Å². The lowest BCUT2D eigenvalue weighted by molar-refractivity contribution is -0.0205. The van der Waals surface area contributed by atoms with Gasteiger partial charge in [-0.3, -0.25) is 4.79 Å². The van der Waals surface area contributed by atoms with Gasteiger partial charge in [0.25, 0.3) is 10.0 Å². The standard InChI is InChI=1S/C13H22N2O4S2/c1-9-10(20-11(16)15-9)21(18,19)14-8-13(17)6-4-12(2,3)5-7-13/h14,17H,4-8H2,1-3H3,(H,15,16). The van der Waals surface area contributed by atoms with Gasteiger partial charge in [0.2, 0.25) is 0 Å².